The monoisotopic (exact) mass is 469 g/mol. The lowest BCUT2D eigenvalue weighted by molar-refractivity contribution is 0.152. The van der Waals surface area contributed by atoms with E-state index in [1.54, 1.807) is 0 Å². The largest absolute Gasteiger partial charge is 0.483 e. The highest BCUT2D eigenvalue weighted by Gasteiger charge is 2.29. The highest BCUT2D eigenvalue weighted by Crippen LogP contribution is 2.30. The molecule has 2 N–H and O–H groups in total. The molecule has 174 valence electrons. The van der Waals surface area contributed by atoms with Crippen LogP contribution in [0.1, 0.15) is 32.1 Å². The fraction of sp³-hybridized carbons (Fsp3) is 0.500. The van der Waals surface area contributed by atoms with E-state index in [4.69, 9.17) is 9.88 Å². The molecule has 1 aliphatic carbocycles. The van der Waals surface area contributed by atoms with Crippen LogP contribution in [-0.2, 0) is 10.2 Å². The van der Waals surface area contributed by atoms with Crippen LogP contribution >= 0.6 is 0 Å². The van der Waals surface area contributed by atoms with Crippen molar-refractivity contribution in [1.82, 2.24) is 14.1 Å². The van der Waals surface area contributed by atoms with Gasteiger partial charge in [0.25, 0.3) is 10.2 Å². The van der Waals surface area contributed by atoms with Gasteiger partial charge in [-0.25, -0.2) is 13.9 Å². The zero-order valence-electron chi connectivity index (χ0n) is 17.4. The molecule has 0 amide bonds. The summed E-state index contributed by atoms with van der Waals surface area (Å²) in [7, 11) is -3.80. The van der Waals surface area contributed by atoms with Crippen molar-refractivity contribution in [2.45, 2.75) is 38.2 Å². The number of hydrogen-bond donors (Lipinski definition) is 1. The first kappa shape index (κ1) is 22.6. The number of piperazine rings is 1. The molecule has 32 heavy (non-hydrogen) atoms. The van der Waals surface area contributed by atoms with Crippen molar-refractivity contribution < 1.29 is 21.9 Å². The first-order valence-electron chi connectivity index (χ1n) is 10.5. The van der Waals surface area contributed by atoms with Crippen molar-refractivity contribution in [1.29, 1.82) is 0 Å². The molecule has 1 aromatic carbocycles. The minimum absolute atomic E-state index is 0.0422. The van der Waals surface area contributed by atoms with E-state index in [1.165, 1.54) is 6.20 Å². The van der Waals surface area contributed by atoms with Crippen LogP contribution < -0.4 is 20.3 Å². The SMILES string of the molecule is NS(=O)(=O)N1CCN(c2cnn(-c3cc(F)cc(F)c3)c(=O)c2OC2CCCCC2)CC1. The zero-order valence-corrected chi connectivity index (χ0v) is 18.2. The fourth-order valence-corrected chi connectivity index (χ4v) is 4.82. The highest BCUT2D eigenvalue weighted by molar-refractivity contribution is 7.86. The maximum Gasteiger partial charge on any atom is 0.316 e. The lowest BCUT2D eigenvalue weighted by Gasteiger charge is -2.35. The number of benzene rings is 1. The Morgan fingerprint density at radius 2 is 1.62 bits per heavy atom. The number of anilines is 1. The van der Waals surface area contributed by atoms with Crippen molar-refractivity contribution >= 4 is 15.9 Å². The molecule has 12 heteroatoms. The van der Waals surface area contributed by atoms with E-state index in [0.717, 1.165) is 53.2 Å². The van der Waals surface area contributed by atoms with Crippen molar-refractivity contribution in [2.75, 3.05) is 31.1 Å². The zero-order chi connectivity index (χ0) is 22.9. The van der Waals surface area contributed by atoms with Crippen LogP contribution in [0.3, 0.4) is 0 Å². The van der Waals surface area contributed by atoms with Crippen LogP contribution in [0.15, 0.2) is 29.2 Å². The Hall–Kier alpha value is -2.57. The Kier molecular flexibility index (Phi) is 6.45. The average Bonchev–Trinajstić information content (AvgIpc) is 2.74. The third-order valence-corrected chi connectivity index (χ3v) is 6.87. The summed E-state index contributed by atoms with van der Waals surface area (Å²) in [6.07, 6.45) is 5.94. The van der Waals surface area contributed by atoms with Gasteiger partial charge in [0.15, 0.2) is 0 Å². The van der Waals surface area contributed by atoms with Crippen molar-refractivity contribution in [3.05, 3.63) is 46.4 Å². The van der Waals surface area contributed by atoms with Gasteiger partial charge in [-0.15, -0.1) is 0 Å². The Bertz CT molecular complexity index is 1120. The van der Waals surface area contributed by atoms with Crippen LogP contribution in [0.4, 0.5) is 14.5 Å². The van der Waals surface area contributed by atoms with Gasteiger partial charge in [0.05, 0.1) is 18.0 Å². The second kappa shape index (κ2) is 9.12. The number of ether oxygens (including phenoxy) is 1. The molecule has 0 bridgehead atoms. The maximum absolute atomic E-state index is 13.7. The van der Waals surface area contributed by atoms with Gasteiger partial charge < -0.3 is 9.64 Å². The molecule has 2 fully saturated rings. The lowest BCUT2D eigenvalue weighted by atomic mass is 9.98. The summed E-state index contributed by atoms with van der Waals surface area (Å²) in [5.41, 5.74) is -0.263. The summed E-state index contributed by atoms with van der Waals surface area (Å²) in [5, 5.41) is 9.33. The average molecular weight is 470 g/mol. The van der Waals surface area contributed by atoms with E-state index in [0.29, 0.717) is 11.8 Å². The van der Waals surface area contributed by atoms with Crippen LogP contribution in [-0.4, -0.2) is 54.8 Å². The minimum Gasteiger partial charge on any atom is -0.483 e. The van der Waals surface area contributed by atoms with Crippen LogP contribution in [0.5, 0.6) is 5.75 Å². The van der Waals surface area contributed by atoms with Crippen molar-refractivity contribution in [3.8, 4) is 11.4 Å². The molecule has 0 radical (unpaired) electrons. The van der Waals surface area contributed by atoms with E-state index in [2.05, 4.69) is 5.10 Å². The first-order valence-corrected chi connectivity index (χ1v) is 12.0. The predicted molar refractivity (Wildman–Crippen MR) is 114 cm³/mol. The van der Waals surface area contributed by atoms with E-state index in [9.17, 15) is 22.0 Å². The van der Waals surface area contributed by atoms with Crippen molar-refractivity contribution in [3.63, 3.8) is 0 Å². The third-order valence-electron chi connectivity index (χ3n) is 5.78. The standard InChI is InChI=1S/C20H25F2N5O4S/c21-14-10-15(22)12-16(11-14)27-20(28)19(31-17-4-2-1-3-5-17)18(13-24-27)25-6-8-26(9-7-25)32(23,29)30/h10-13,17H,1-9H2,(H2,23,29,30). The topological polar surface area (TPSA) is 111 Å². The van der Waals surface area contributed by atoms with Gasteiger partial charge in [-0.1, -0.05) is 6.42 Å². The quantitative estimate of drug-likeness (QED) is 0.711. The Morgan fingerprint density at radius 3 is 2.22 bits per heavy atom. The van der Waals surface area contributed by atoms with Gasteiger partial charge in [-0.3, -0.25) is 4.79 Å². The van der Waals surface area contributed by atoms with Gasteiger partial charge in [0.1, 0.15) is 17.3 Å². The highest BCUT2D eigenvalue weighted by atomic mass is 32.2. The van der Waals surface area contributed by atoms with Gasteiger partial charge in [-0.05, 0) is 37.8 Å². The summed E-state index contributed by atoms with van der Waals surface area (Å²) < 4.78 is 58.9. The molecule has 9 nitrogen and oxygen atoms in total. The van der Waals surface area contributed by atoms with Crippen LogP contribution in [0, 0.1) is 11.6 Å². The smallest absolute Gasteiger partial charge is 0.316 e. The first-order chi connectivity index (χ1) is 15.2. The van der Waals surface area contributed by atoms with Crippen LogP contribution in [0.25, 0.3) is 5.69 Å². The number of halogens is 2. The summed E-state index contributed by atoms with van der Waals surface area (Å²) in [6, 6.07) is 2.76. The summed E-state index contributed by atoms with van der Waals surface area (Å²) in [5.74, 6) is -1.61. The summed E-state index contributed by atoms with van der Waals surface area (Å²) in [4.78, 5) is 15.1. The van der Waals surface area contributed by atoms with E-state index in [1.807, 2.05) is 4.90 Å². The molecule has 0 spiro atoms. The molecule has 1 saturated carbocycles. The van der Waals surface area contributed by atoms with Gasteiger partial charge in [0, 0.05) is 32.2 Å². The second-order valence-electron chi connectivity index (χ2n) is 8.01. The molecule has 4 rings (SSSR count). The predicted octanol–water partition coefficient (Wildman–Crippen LogP) is 1.55. The number of aromatic nitrogens is 2. The lowest BCUT2D eigenvalue weighted by Crippen LogP contribution is -2.51. The molecule has 1 aliphatic heterocycles. The molecule has 0 unspecified atom stereocenters. The second-order valence-corrected chi connectivity index (χ2v) is 9.56. The normalized spacial score (nSPS) is 18.7. The van der Waals surface area contributed by atoms with E-state index >= 15 is 0 Å². The van der Waals surface area contributed by atoms with Crippen molar-refractivity contribution in [2.24, 2.45) is 5.14 Å². The summed E-state index contributed by atoms with van der Waals surface area (Å²) in [6.45, 7) is 0.883. The van der Waals surface area contributed by atoms with Gasteiger partial charge >= 0.3 is 5.56 Å². The molecular formula is C20H25F2N5O4S. The molecule has 0 atom stereocenters. The maximum atomic E-state index is 13.7. The van der Waals surface area contributed by atoms with E-state index in [-0.39, 0.29) is 43.7 Å². The van der Waals surface area contributed by atoms with Crippen LogP contribution in [0.2, 0.25) is 0 Å². The molecule has 2 aliphatic rings. The number of nitrogens with zero attached hydrogens (tertiary/aromatic N) is 4. The minimum atomic E-state index is -3.80. The fourth-order valence-electron chi connectivity index (χ4n) is 4.14. The summed E-state index contributed by atoms with van der Waals surface area (Å²) >= 11 is 0. The Balaban J connectivity index is 1.71. The molecule has 1 saturated heterocycles. The molecular weight excluding hydrogens is 444 g/mol. The number of rotatable bonds is 5. The Labute approximate surface area is 184 Å². The van der Waals surface area contributed by atoms with Gasteiger partial charge in [0.2, 0.25) is 5.75 Å². The van der Waals surface area contributed by atoms with E-state index < -0.39 is 27.4 Å². The van der Waals surface area contributed by atoms with Gasteiger partial charge in [-0.2, -0.15) is 22.5 Å². The molecule has 2 heterocycles. The number of hydrogen-bond acceptors (Lipinski definition) is 6. The molecule has 1 aromatic heterocycles. The Morgan fingerprint density at radius 1 is 1.00 bits per heavy atom. The molecule has 2 aromatic rings. The third kappa shape index (κ3) is 4.92. The number of nitrogens with two attached hydrogens (primary N) is 1.